The first kappa shape index (κ1) is 20.5. The SMILES string of the molecule is CC(C)(C)C(=O)C(C(=O)Nc1cc([N+](=O)[O-])ccc1Cl)N1C(=O)CCC1=O. The zero-order valence-electron chi connectivity index (χ0n) is 14.9. The number of rotatable bonds is 5. The summed E-state index contributed by atoms with van der Waals surface area (Å²) in [6, 6.07) is 1.74. The highest BCUT2D eigenvalue weighted by Crippen LogP contribution is 2.29. The van der Waals surface area contributed by atoms with E-state index in [4.69, 9.17) is 11.6 Å². The van der Waals surface area contributed by atoms with E-state index in [9.17, 15) is 29.3 Å². The molecule has 27 heavy (non-hydrogen) atoms. The Morgan fingerprint density at radius 2 is 1.78 bits per heavy atom. The van der Waals surface area contributed by atoms with Crippen molar-refractivity contribution in [2.45, 2.75) is 39.7 Å². The monoisotopic (exact) mass is 395 g/mol. The van der Waals surface area contributed by atoms with Gasteiger partial charge in [0.1, 0.15) is 0 Å². The molecule has 1 heterocycles. The number of hydrogen-bond acceptors (Lipinski definition) is 6. The first-order valence-electron chi connectivity index (χ1n) is 8.07. The number of nitro benzene ring substituents is 1. The van der Waals surface area contributed by atoms with Gasteiger partial charge >= 0.3 is 0 Å². The van der Waals surface area contributed by atoms with Crippen LogP contribution in [0.4, 0.5) is 11.4 Å². The van der Waals surface area contributed by atoms with E-state index >= 15 is 0 Å². The topological polar surface area (TPSA) is 127 Å². The molecule has 1 aliphatic rings. The number of carbonyl (C=O) groups is 4. The molecule has 2 rings (SSSR count). The van der Waals surface area contributed by atoms with Crippen molar-refractivity contribution in [3.8, 4) is 0 Å². The lowest BCUT2D eigenvalue weighted by Crippen LogP contribution is -2.54. The number of nitro groups is 1. The van der Waals surface area contributed by atoms with Gasteiger partial charge in [-0.3, -0.25) is 34.2 Å². The van der Waals surface area contributed by atoms with Gasteiger partial charge < -0.3 is 5.32 Å². The molecule has 0 radical (unpaired) electrons. The summed E-state index contributed by atoms with van der Waals surface area (Å²) >= 11 is 5.97. The Kier molecular flexibility index (Phi) is 5.65. The van der Waals surface area contributed by atoms with Crippen LogP contribution < -0.4 is 5.32 Å². The number of anilines is 1. The summed E-state index contributed by atoms with van der Waals surface area (Å²) in [5.74, 6) is -2.84. The van der Waals surface area contributed by atoms with Gasteiger partial charge in [-0.05, 0) is 6.07 Å². The van der Waals surface area contributed by atoms with E-state index in [1.54, 1.807) is 20.8 Å². The van der Waals surface area contributed by atoms with Crippen LogP contribution in [-0.2, 0) is 19.2 Å². The summed E-state index contributed by atoms with van der Waals surface area (Å²) in [5, 5.41) is 13.3. The van der Waals surface area contributed by atoms with Gasteiger partial charge in [0, 0.05) is 30.4 Å². The van der Waals surface area contributed by atoms with Crippen LogP contribution in [0.2, 0.25) is 5.02 Å². The van der Waals surface area contributed by atoms with Crippen molar-refractivity contribution in [3.05, 3.63) is 33.3 Å². The molecule has 3 amide bonds. The van der Waals surface area contributed by atoms with E-state index in [0.29, 0.717) is 4.90 Å². The molecule has 1 aliphatic heterocycles. The number of amides is 3. The number of nitrogens with zero attached hydrogens (tertiary/aromatic N) is 2. The standard InChI is InChI=1S/C17H18ClN3O6/c1-17(2,3)15(24)14(20-12(22)6-7-13(20)23)16(25)19-11-8-9(21(26)27)4-5-10(11)18/h4-5,8,14H,6-7H2,1-3H3,(H,19,25). The summed E-state index contributed by atoms with van der Waals surface area (Å²) in [7, 11) is 0. The van der Waals surface area contributed by atoms with Crippen molar-refractivity contribution in [2.75, 3.05) is 5.32 Å². The maximum Gasteiger partial charge on any atom is 0.271 e. The zero-order valence-corrected chi connectivity index (χ0v) is 15.7. The van der Waals surface area contributed by atoms with Crippen molar-refractivity contribution in [1.82, 2.24) is 4.90 Å². The highest BCUT2D eigenvalue weighted by molar-refractivity contribution is 6.34. The van der Waals surface area contributed by atoms with Crippen LogP contribution in [0.5, 0.6) is 0 Å². The van der Waals surface area contributed by atoms with Crippen molar-refractivity contribution >= 4 is 46.5 Å². The minimum absolute atomic E-state index is 0.00924. The number of non-ortho nitro benzene ring substituents is 1. The van der Waals surface area contributed by atoms with Crippen LogP contribution >= 0.6 is 11.6 Å². The number of likely N-dealkylation sites (tertiary alicyclic amines) is 1. The fourth-order valence-electron chi connectivity index (χ4n) is 2.57. The number of Topliss-reactive ketones (excluding diaryl/α,β-unsaturated/α-hetero) is 1. The van der Waals surface area contributed by atoms with Crippen LogP contribution in [-0.4, -0.2) is 39.4 Å². The summed E-state index contributed by atoms with van der Waals surface area (Å²) in [6.07, 6.45) is -0.171. The van der Waals surface area contributed by atoms with E-state index in [0.717, 1.165) is 12.1 Å². The van der Waals surface area contributed by atoms with E-state index < -0.39 is 39.9 Å². The summed E-state index contributed by atoms with van der Waals surface area (Å²) in [4.78, 5) is 60.7. The minimum Gasteiger partial charge on any atom is -0.322 e. The number of benzene rings is 1. The van der Waals surface area contributed by atoms with Crippen molar-refractivity contribution in [3.63, 3.8) is 0 Å². The van der Waals surface area contributed by atoms with Crippen LogP contribution in [0.1, 0.15) is 33.6 Å². The van der Waals surface area contributed by atoms with Crippen LogP contribution in [0.25, 0.3) is 0 Å². The number of nitrogens with one attached hydrogen (secondary N) is 1. The predicted molar refractivity (Wildman–Crippen MR) is 96.1 cm³/mol. The van der Waals surface area contributed by atoms with Gasteiger partial charge in [-0.25, -0.2) is 0 Å². The molecule has 0 aliphatic carbocycles. The molecule has 10 heteroatoms. The average molecular weight is 396 g/mol. The van der Waals surface area contributed by atoms with Gasteiger partial charge in [-0.2, -0.15) is 0 Å². The summed E-state index contributed by atoms with van der Waals surface area (Å²) in [6.45, 7) is 4.67. The highest BCUT2D eigenvalue weighted by atomic mass is 35.5. The Hall–Kier alpha value is -2.81. The maximum atomic E-state index is 12.8. The number of hydrogen-bond donors (Lipinski definition) is 1. The molecule has 0 saturated carbocycles. The molecule has 0 aromatic heterocycles. The fourth-order valence-corrected chi connectivity index (χ4v) is 2.73. The Morgan fingerprint density at radius 1 is 1.22 bits per heavy atom. The van der Waals surface area contributed by atoms with Crippen LogP contribution in [0.3, 0.4) is 0 Å². The molecule has 1 unspecified atom stereocenters. The summed E-state index contributed by atoms with van der Waals surface area (Å²) in [5.41, 5.74) is -1.43. The lowest BCUT2D eigenvalue weighted by molar-refractivity contribution is -0.384. The lowest BCUT2D eigenvalue weighted by atomic mass is 9.85. The number of carbonyl (C=O) groups excluding carboxylic acids is 4. The molecule has 1 fully saturated rings. The van der Waals surface area contributed by atoms with E-state index in [1.807, 2.05) is 0 Å². The third-order valence-corrected chi connectivity index (χ3v) is 4.33. The lowest BCUT2D eigenvalue weighted by Gasteiger charge is -2.29. The van der Waals surface area contributed by atoms with Crippen LogP contribution in [0, 0.1) is 15.5 Å². The molecule has 1 N–H and O–H groups in total. The molecular formula is C17H18ClN3O6. The van der Waals surface area contributed by atoms with Crippen LogP contribution in [0.15, 0.2) is 18.2 Å². The molecule has 1 aromatic rings. The quantitative estimate of drug-likeness (QED) is 0.353. The molecule has 1 atom stereocenters. The minimum atomic E-state index is -1.68. The molecule has 1 saturated heterocycles. The van der Waals surface area contributed by atoms with Crippen molar-refractivity contribution < 1.29 is 24.1 Å². The molecule has 0 spiro atoms. The smallest absolute Gasteiger partial charge is 0.271 e. The number of imide groups is 1. The fraction of sp³-hybridized carbons (Fsp3) is 0.412. The molecule has 9 nitrogen and oxygen atoms in total. The molecular weight excluding hydrogens is 378 g/mol. The largest absolute Gasteiger partial charge is 0.322 e. The predicted octanol–water partition coefficient (Wildman–Crippen LogP) is 2.32. The van der Waals surface area contributed by atoms with E-state index in [-0.39, 0.29) is 29.2 Å². The Bertz CT molecular complexity index is 830. The first-order chi connectivity index (χ1) is 12.4. The second-order valence-corrected chi connectivity index (χ2v) is 7.49. The van der Waals surface area contributed by atoms with Gasteiger partial charge in [0.25, 0.3) is 11.6 Å². The molecule has 0 bridgehead atoms. The Balaban J connectivity index is 2.42. The van der Waals surface area contributed by atoms with Gasteiger partial charge in [-0.15, -0.1) is 0 Å². The summed E-state index contributed by atoms with van der Waals surface area (Å²) < 4.78 is 0. The average Bonchev–Trinajstić information content (AvgIpc) is 2.88. The first-order valence-corrected chi connectivity index (χ1v) is 8.45. The van der Waals surface area contributed by atoms with Gasteiger partial charge in [0.2, 0.25) is 11.8 Å². The number of ketones is 1. The second-order valence-electron chi connectivity index (χ2n) is 7.08. The van der Waals surface area contributed by atoms with Gasteiger partial charge in [0.15, 0.2) is 11.8 Å². The normalized spacial score (nSPS) is 15.6. The van der Waals surface area contributed by atoms with Crippen molar-refractivity contribution in [2.24, 2.45) is 5.41 Å². The van der Waals surface area contributed by atoms with Gasteiger partial charge in [-0.1, -0.05) is 32.4 Å². The zero-order chi connectivity index (χ0) is 20.5. The van der Waals surface area contributed by atoms with Crippen molar-refractivity contribution in [1.29, 1.82) is 0 Å². The van der Waals surface area contributed by atoms with Gasteiger partial charge in [0.05, 0.1) is 15.6 Å². The van der Waals surface area contributed by atoms with E-state index in [1.165, 1.54) is 6.07 Å². The Labute approximate surface area is 159 Å². The molecule has 144 valence electrons. The second kappa shape index (κ2) is 7.43. The Morgan fingerprint density at radius 3 is 2.26 bits per heavy atom. The third kappa shape index (κ3) is 4.30. The number of halogens is 1. The third-order valence-electron chi connectivity index (χ3n) is 4.00. The maximum absolute atomic E-state index is 12.8. The highest BCUT2D eigenvalue weighted by Gasteiger charge is 2.46. The van der Waals surface area contributed by atoms with E-state index in [2.05, 4.69) is 5.32 Å². The molecule has 1 aromatic carbocycles.